The van der Waals surface area contributed by atoms with Gasteiger partial charge in [-0.3, -0.25) is 0 Å². The summed E-state index contributed by atoms with van der Waals surface area (Å²) < 4.78 is 24.4. The minimum Gasteiger partial charge on any atom is -0.461 e. The van der Waals surface area contributed by atoms with E-state index < -0.39 is 11.9 Å². The van der Waals surface area contributed by atoms with E-state index in [1.54, 1.807) is 35.3 Å². The molecule has 6 aromatic rings. The van der Waals surface area contributed by atoms with Gasteiger partial charge in [0.2, 0.25) is 26.8 Å². The van der Waals surface area contributed by atoms with Gasteiger partial charge in [-0.05, 0) is 68.6 Å². The van der Waals surface area contributed by atoms with E-state index in [9.17, 15) is 9.59 Å². The zero-order valence-corrected chi connectivity index (χ0v) is 36.0. The lowest BCUT2D eigenvalue weighted by Crippen LogP contribution is -2.33. The number of esters is 2. The molecule has 0 amide bonds. The molecule has 2 saturated heterocycles. The highest BCUT2D eigenvalue weighted by molar-refractivity contribution is 9.11. The van der Waals surface area contributed by atoms with Gasteiger partial charge in [0, 0.05) is 36.8 Å². The number of halogens is 2. The van der Waals surface area contributed by atoms with Crippen LogP contribution in [-0.4, -0.2) is 101 Å². The summed E-state index contributed by atoms with van der Waals surface area (Å²) in [7, 11) is 0. The maximum Gasteiger partial charge on any atom is 0.358 e. The maximum atomic E-state index is 11.8. The summed E-state index contributed by atoms with van der Waals surface area (Å²) in [6.45, 7) is 16.3. The normalized spacial score (nSPS) is 15.1. The van der Waals surface area contributed by atoms with Gasteiger partial charge in [-0.1, -0.05) is 60.7 Å². The van der Waals surface area contributed by atoms with Crippen molar-refractivity contribution in [3.05, 3.63) is 51.1 Å². The van der Waals surface area contributed by atoms with Gasteiger partial charge in [0.05, 0.1) is 25.6 Å². The number of nitrogens with zero attached hydrogens (tertiary/aromatic N) is 11. The number of fused-ring (bicyclic) bond motifs is 2. The largest absolute Gasteiger partial charge is 0.461 e. The van der Waals surface area contributed by atoms with E-state index >= 15 is 0 Å². The minimum atomic E-state index is -0.419. The summed E-state index contributed by atoms with van der Waals surface area (Å²) in [5.74, 6) is 3.73. The van der Waals surface area contributed by atoms with Gasteiger partial charge in [-0.25, -0.2) is 28.6 Å². The highest BCUT2D eigenvalue weighted by atomic mass is 79.9. The van der Waals surface area contributed by atoms with Crippen molar-refractivity contribution >= 4 is 78.0 Å². The van der Waals surface area contributed by atoms with Gasteiger partial charge in [0.25, 0.3) is 0 Å². The molecule has 0 bridgehead atoms. The maximum absolute atomic E-state index is 11.8. The molecule has 0 spiro atoms. The van der Waals surface area contributed by atoms with Crippen molar-refractivity contribution in [3.8, 4) is 0 Å². The molecule has 0 aromatic carbocycles. The molecule has 304 valence electrons. The van der Waals surface area contributed by atoms with Gasteiger partial charge in [0.15, 0.2) is 27.0 Å². The molecule has 1 N–H and O–H groups in total. The number of hydrogen-bond acceptors (Lipinski definition) is 18. The zero-order valence-electron chi connectivity index (χ0n) is 32.0. The van der Waals surface area contributed by atoms with Crippen LogP contribution < -0.4 is 10.2 Å². The Morgan fingerprint density at radius 1 is 0.786 bits per heavy atom. The van der Waals surface area contributed by atoms with Crippen LogP contribution in [0.25, 0.3) is 9.92 Å². The first kappa shape index (κ1) is 43.1. The summed E-state index contributed by atoms with van der Waals surface area (Å²) in [6.07, 6.45) is 7.27. The average Bonchev–Trinajstić information content (AvgIpc) is 4.02. The van der Waals surface area contributed by atoms with E-state index in [4.69, 9.17) is 18.5 Å². The summed E-state index contributed by atoms with van der Waals surface area (Å²) >= 11 is 6.06. The highest BCUT2D eigenvalue weighted by Gasteiger charge is 2.28. The standard InChI is InChI=1S/C17H22N6O3S.C10H17N3O.C7H6BrN3O2S.ClH/c1-4-25-15(24)12-9-23-16(18-12)27-17(20-23)22-7-5-11(6-8-22)14-19-13(10(2)3)21-26-14;1-7(2)9-12-10(14-13-9)8-3-5-11-6-4-8;1-2-13-5(12)4-3-11-7(9-4)14-6(8)10-11;/h9-11H,4-8H2,1-3H3;7-8,11H,3-6H2,1-2H3;3H,2H2,1H3;1H. The van der Waals surface area contributed by atoms with Crippen molar-refractivity contribution in [1.82, 2.24) is 54.8 Å². The van der Waals surface area contributed by atoms with Gasteiger partial charge in [-0.15, -0.1) is 22.6 Å². The van der Waals surface area contributed by atoms with E-state index in [0.717, 1.165) is 84.3 Å². The topological polar surface area (TPSA) is 206 Å². The first-order valence-electron chi connectivity index (χ1n) is 18.4. The molecule has 2 aliphatic rings. The lowest BCUT2D eigenvalue weighted by Gasteiger charge is -2.29. The molecule has 0 atom stereocenters. The molecule has 8 rings (SSSR count). The number of hydrogen-bond donors (Lipinski definition) is 1. The van der Waals surface area contributed by atoms with Crippen LogP contribution in [0.2, 0.25) is 0 Å². The second-order valence-corrected chi connectivity index (χ2v) is 16.6. The third-order valence-corrected chi connectivity index (χ3v) is 11.1. The Balaban J connectivity index is 0.000000175. The Morgan fingerprint density at radius 2 is 1.27 bits per heavy atom. The molecule has 2 fully saturated rings. The Hall–Kier alpha value is -4.05. The van der Waals surface area contributed by atoms with E-state index in [0.29, 0.717) is 46.6 Å². The van der Waals surface area contributed by atoms with E-state index in [1.165, 1.54) is 22.7 Å². The predicted molar refractivity (Wildman–Crippen MR) is 214 cm³/mol. The van der Waals surface area contributed by atoms with Gasteiger partial charge in [-0.2, -0.15) is 9.97 Å². The molecule has 2 aliphatic heterocycles. The third-order valence-electron chi connectivity index (χ3n) is 8.77. The van der Waals surface area contributed by atoms with Crippen LogP contribution in [0.5, 0.6) is 0 Å². The smallest absolute Gasteiger partial charge is 0.358 e. The fraction of sp³-hybridized carbons (Fsp3) is 0.588. The predicted octanol–water partition coefficient (Wildman–Crippen LogP) is 6.67. The van der Waals surface area contributed by atoms with Crippen molar-refractivity contribution in [2.75, 3.05) is 44.3 Å². The molecule has 0 saturated carbocycles. The molecule has 22 heteroatoms. The Labute approximate surface area is 345 Å². The number of imidazole rings is 2. The van der Waals surface area contributed by atoms with Crippen LogP contribution in [0.1, 0.15) is 135 Å². The Kier molecular flexibility index (Phi) is 15.3. The number of aromatic nitrogens is 10. The number of piperidine rings is 2. The second-order valence-electron chi connectivity index (χ2n) is 13.5. The van der Waals surface area contributed by atoms with Gasteiger partial charge >= 0.3 is 11.9 Å². The van der Waals surface area contributed by atoms with Gasteiger partial charge < -0.3 is 28.7 Å². The first-order valence-corrected chi connectivity index (χ1v) is 20.8. The molecule has 8 heterocycles. The number of carbonyl (C=O) groups is 2. The summed E-state index contributed by atoms with van der Waals surface area (Å²) in [6, 6.07) is 0. The number of ether oxygens (including phenoxy) is 2. The van der Waals surface area contributed by atoms with Crippen LogP contribution in [0.4, 0.5) is 5.13 Å². The van der Waals surface area contributed by atoms with Crippen LogP contribution in [0.15, 0.2) is 25.4 Å². The SMILES string of the molecule is CC(C)c1noc(C2CCNCC2)n1.CCOC(=O)c1cn2nc(Br)sc2n1.CCOC(=O)c1cn2nc(N3CCC(c4nc(C(C)C)no4)CC3)sc2n1.Cl. The van der Waals surface area contributed by atoms with Crippen molar-refractivity contribution < 1.29 is 28.1 Å². The summed E-state index contributed by atoms with van der Waals surface area (Å²) in [4.78, 5) is 44.0. The van der Waals surface area contributed by atoms with Crippen molar-refractivity contribution in [3.63, 3.8) is 0 Å². The van der Waals surface area contributed by atoms with Crippen molar-refractivity contribution in [2.45, 2.75) is 90.9 Å². The summed E-state index contributed by atoms with van der Waals surface area (Å²) in [5.41, 5.74) is 0.580. The molecule has 56 heavy (non-hydrogen) atoms. The first-order chi connectivity index (χ1) is 26.5. The molecule has 6 aromatic heterocycles. The lowest BCUT2D eigenvalue weighted by molar-refractivity contribution is 0.0511. The minimum absolute atomic E-state index is 0. The van der Waals surface area contributed by atoms with E-state index in [1.807, 2.05) is 0 Å². The fourth-order valence-corrected chi connectivity index (χ4v) is 7.93. The van der Waals surface area contributed by atoms with Crippen LogP contribution in [0, 0.1) is 0 Å². The van der Waals surface area contributed by atoms with Gasteiger partial charge in [0.1, 0.15) is 0 Å². The highest BCUT2D eigenvalue weighted by Crippen LogP contribution is 2.32. The Bertz CT molecular complexity index is 2100. The molecule has 18 nitrogen and oxygen atoms in total. The summed E-state index contributed by atoms with van der Waals surface area (Å²) in [5, 5.41) is 20.9. The molecular formula is C34H46BrClN12O6S2. The number of nitrogens with one attached hydrogen (secondary N) is 1. The van der Waals surface area contributed by atoms with Crippen LogP contribution in [-0.2, 0) is 9.47 Å². The monoisotopic (exact) mass is 896 g/mol. The molecular weight excluding hydrogens is 852 g/mol. The van der Waals surface area contributed by atoms with Crippen LogP contribution >= 0.6 is 51.0 Å². The fourth-order valence-electron chi connectivity index (χ4n) is 5.78. The number of carbonyl (C=O) groups excluding carboxylic acids is 2. The second kappa shape index (κ2) is 19.9. The molecule has 0 radical (unpaired) electrons. The van der Waals surface area contributed by atoms with E-state index in [2.05, 4.69) is 94.3 Å². The lowest BCUT2D eigenvalue weighted by atomic mass is 9.97. The van der Waals surface area contributed by atoms with Crippen molar-refractivity contribution in [1.29, 1.82) is 0 Å². The Morgan fingerprint density at radius 3 is 1.71 bits per heavy atom. The zero-order chi connectivity index (χ0) is 39.1. The molecule has 0 unspecified atom stereocenters. The number of anilines is 1. The average molecular weight is 898 g/mol. The third kappa shape index (κ3) is 10.7. The quantitative estimate of drug-likeness (QED) is 0.150. The van der Waals surface area contributed by atoms with E-state index in [-0.39, 0.29) is 24.0 Å². The van der Waals surface area contributed by atoms with Crippen molar-refractivity contribution in [2.24, 2.45) is 0 Å². The number of rotatable bonds is 9. The van der Waals surface area contributed by atoms with Crippen LogP contribution in [0.3, 0.4) is 0 Å². The molecule has 0 aliphatic carbocycles.